The van der Waals surface area contributed by atoms with E-state index in [1.807, 2.05) is 30.5 Å². The van der Waals surface area contributed by atoms with Gasteiger partial charge in [0.05, 0.1) is 17.6 Å². The smallest absolute Gasteiger partial charge is 0.191 e. The van der Waals surface area contributed by atoms with E-state index in [2.05, 4.69) is 56.6 Å². The van der Waals surface area contributed by atoms with Crippen LogP contribution >= 0.6 is 23.1 Å². The lowest BCUT2D eigenvalue weighted by Crippen LogP contribution is -2.46. The third-order valence-electron chi connectivity index (χ3n) is 7.01. The number of hydrogen-bond donors (Lipinski definition) is 3. The fourth-order valence-corrected chi connectivity index (χ4v) is 6.62. The quantitative estimate of drug-likeness (QED) is 0.156. The van der Waals surface area contributed by atoms with Gasteiger partial charge in [-0.3, -0.25) is 0 Å². The number of aliphatic hydroxyl groups is 1. The molecule has 0 unspecified atom stereocenters. The Balaban J connectivity index is 1.21. The van der Waals surface area contributed by atoms with Crippen molar-refractivity contribution < 1.29 is 5.11 Å². The number of H-pyrrole nitrogens is 1. The predicted octanol–water partition coefficient (Wildman–Crippen LogP) is 5.33. The molecule has 6 rings (SSSR count). The Morgan fingerprint density at radius 3 is 2.44 bits per heavy atom. The molecule has 3 N–H and O–H groups in total. The highest BCUT2D eigenvalue weighted by molar-refractivity contribution is 7.98. The van der Waals surface area contributed by atoms with Crippen molar-refractivity contribution in [2.45, 2.75) is 42.2 Å². The zero-order chi connectivity index (χ0) is 26.5. The van der Waals surface area contributed by atoms with Crippen LogP contribution in [-0.4, -0.2) is 55.3 Å². The number of imidazole rings is 1. The Morgan fingerprint density at radius 1 is 0.974 bits per heavy atom. The lowest BCUT2D eigenvalue weighted by molar-refractivity contribution is 0.0164. The summed E-state index contributed by atoms with van der Waals surface area (Å²) in [6.07, 6.45) is 6.46. The third kappa shape index (κ3) is 6.41. The molecule has 0 bridgehead atoms. The van der Waals surface area contributed by atoms with E-state index < -0.39 is 5.60 Å². The molecular weight excluding hydrogens is 527 g/mol. The van der Waals surface area contributed by atoms with Crippen LogP contribution in [0.5, 0.6) is 0 Å². The highest BCUT2D eigenvalue weighted by Gasteiger charge is 2.34. The van der Waals surface area contributed by atoms with Crippen LogP contribution in [0.2, 0.25) is 0 Å². The number of anilines is 2. The maximum absolute atomic E-state index is 11.4. The number of thioether (sulfide) groups is 1. The summed E-state index contributed by atoms with van der Waals surface area (Å²) in [5.41, 5.74) is 3.43. The molecular formula is C29H31N7OS2. The van der Waals surface area contributed by atoms with Crippen LogP contribution in [-0.2, 0) is 18.6 Å². The van der Waals surface area contributed by atoms with E-state index in [1.54, 1.807) is 29.4 Å². The molecule has 0 atom stereocenters. The van der Waals surface area contributed by atoms with Crippen molar-refractivity contribution in [3.63, 3.8) is 0 Å². The highest BCUT2D eigenvalue weighted by Crippen LogP contribution is 2.37. The van der Waals surface area contributed by atoms with Crippen LogP contribution in [0.4, 0.5) is 10.9 Å². The topological polar surface area (TPSA) is 103 Å². The molecule has 1 aliphatic rings. The molecule has 8 nitrogen and oxygen atoms in total. The molecule has 0 spiro atoms. The highest BCUT2D eigenvalue weighted by atomic mass is 32.2. The van der Waals surface area contributed by atoms with Gasteiger partial charge >= 0.3 is 0 Å². The van der Waals surface area contributed by atoms with E-state index >= 15 is 0 Å². The molecule has 0 amide bonds. The Kier molecular flexibility index (Phi) is 7.76. The first-order chi connectivity index (χ1) is 19.1. The number of fused-ring (bicyclic) bond motifs is 1. The van der Waals surface area contributed by atoms with Gasteiger partial charge in [0.2, 0.25) is 0 Å². The summed E-state index contributed by atoms with van der Waals surface area (Å²) < 4.78 is 0.981. The van der Waals surface area contributed by atoms with Gasteiger partial charge in [-0.15, -0.1) is 0 Å². The zero-order valence-electron chi connectivity index (χ0n) is 21.6. The Labute approximate surface area is 236 Å². The minimum absolute atomic E-state index is 0.670. The summed E-state index contributed by atoms with van der Waals surface area (Å²) in [6, 6.07) is 20.6. The molecule has 3 aromatic heterocycles. The molecule has 39 heavy (non-hydrogen) atoms. The molecule has 4 heterocycles. The molecule has 10 heteroatoms. The fraction of sp³-hybridized carbons (Fsp3) is 0.310. The van der Waals surface area contributed by atoms with Gasteiger partial charge in [-0.25, -0.2) is 15.0 Å². The molecule has 0 aliphatic carbocycles. The second kappa shape index (κ2) is 11.7. The number of aromatic amines is 1. The lowest BCUT2D eigenvalue weighted by atomic mass is 9.85. The van der Waals surface area contributed by atoms with Crippen molar-refractivity contribution in [3.05, 3.63) is 90.0 Å². The monoisotopic (exact) mass is 557 g/mol. The SMILES string of the molecule is OC1(Cc2ccccc2)CCN(c2nc(SCc3ccccc3)nc3nc(NCCc4c[nH]cn4)sc23)CC1. The fourth-order valence-electron chi connectivity index (χ4n) is 4.88. The van der Waals surface area contributed by atoms with Crippen molar-refractivity contribution in [1.82, 2.24) is 24.9 Å². The van der Waals surface area contributed by atoms with Crippen molar-refractivity contribution >= 4 is 44.4 Å². The van der Waals surface area contributed by atoms with E-state index in [-0.39, 0.29) is 0 Å². The van der Waals surface area contributed by atoms with Gasteiger partial charge in [0.15, 0.2) is 21.8 Å². The molecule has 200 valence electrons. The maximum atomic E-state index is 11.4. The van der Waals surface area contributed by atoms with Crippen molar-refractivity contribution in [2.75, 3.05) is 29.9 Å². The van der Waals surface area contributed by atoms with E-state index in [9.17, 15) is 5.11 Å². The Morgan fingerprint density at radius 2 is 1.72 bits per heavy atom. The van der Waals surface area contributed by atoms with E-state index in [1.165, 1.54) is 11.1 Å². The van der Waals surface area contributed by atoms with E-state index in [0.717, 1.165) is 58.3 Å². The average Bonchev–Trinajstić information content (AvgIpc) is 3.63. The minimum Gasteiger partial charge on any atom is -0.389 e. The van der Waals surface area contributed by atoms with Crippen molar-refractivity contribution in [3.8, 4) is 0 Å². The minimum atomic E-state index is -0.707. The van der Waals surface area contributed by atoms with Gasteiger partial charge in [-0.1, -0.05) is 83.8 Å². The van der Waals surface area contributed by atoms with Gasteiger partial charge in [0, 0.05) is 44.4 Å². The first kappa shape index (κ1) is 25.8. The number of piperidine rings is 1. The van der Waals surface area contributed by atoms with Crippen LogP contribution in [0.3, 0.4) is 0 Å². The van der Waals surface area contributed by atoms with Gasteiger partial charge in [-0.05, 0) is 24.0 Å². The third-order valence-corrected chi connectivity index (χ3v) is 8.92. The first-order valence-electron chi connectivity index (χ1n) is 13.2. The van der Waals surface area contributed by atoms with Gasteiger partial charge in [0.1, 0.15) is 4.70 Å². The van der Waals surface area contributed by atoms with Gasteiger partial charge in [-0.2, -0.15) is 4.98 Å². The van der Waals surface area contributed by atoms with Gasteiger partial charge in [0.25, 0.3) is 0 Å². The largest absolute Gasteiger partial charge is 0.389 e. The molecule has 0 saturated carbocycles. The van der Waals surface area contributed by atoms with Crippen LogP contribution in [0.25, 0.3) is 10.3 Å². The summed E-state index contributed by atoms with van der Waals surface area (Å²) >= 11 is 3.22. The number of aromatic nitrogens is 5. The second-order valence-electron chi connectivity index (χ2n) is 9.89. The number of nitrogens with zero attached hydrogens (tertiary/aromatic N) is 5. The molecule has 1 fully saturated rings. The molecule has 5 aromatic rings. The average molecular weight is 558 g/mol. The summed E-state index contributed by atoms with van der Waals surface area (Å²) in [6.45, 7) is 2.20. The molecule has 2 aromatic carbocycles. The van der Waals surface area contributed by atoms with E-state index in [4.69, 9.17) is 15.0 Å². The molecule has 1 aliphatic heterocycles. The number of thiazole rings is 1. The second-order valence-corrected chi connectivity index (χ2v) is 11.8. The van der Waals surface area contributed by atoms with Crippen LogP contribution in [0, 0.1) is 0 Å². The maximum Gasteiger partial charge on any atom is 0.191 e. The molecule has 1 saturated heterocycles. The zero-order valence-corrected chi connectivity index (χ0v) is 23.2. The van der Waals surface area contributed by atoms with Crippen LogP contribution in [0.15, 0.2) is 78.3 Å². The standard InChI is InChI=1S/C29H31N7OS2/c37-29(17-21-7-3-1-4-8-21)12-15-36(16-13-29)26-24-25(33-27(39-24)31-14-11-23-18-30-20-32-23)34-28(35-26)38-19-22-9-5-2-6-10-22/h1-10,18,20,37H,11-17,19H2,(H,30,32)(H,31,33,34,35). The summed E-state index contributed by atoms with van der Waals surface area (Å²) in [4.78, 5) is 24.3. The van der Waals surface area contributed by atoms with E-state index in [0.29, 0.717) is 24.9 Å². The van der Waals surface area contributed by atoms with Crippen LogP contribution in [0.1, 0.15) is 29.7 Å². The predicted molar refractivity (Wildman–Crippen MR) is 159 cm³/mol. The first-order valence-corrected chi connectivity index (χ1v) is 15.0. The number of nitrogens with one attached hydrogen (secondary N) is 2. The Hall–Kier alpha value is -3.47. The number of benzene rings is 2. The Bertz CT molecular complexity index is 1480. The summed E-state index contributed by atoms with van der Waals surface area (Å²) in [5.74, 6) is 1.71. The lowest BCUT2D eigenvalue weighted by Gasteiger charge is -2.39. The summed E-state index contributed by atoms with van der Waals surface area (Å²) in [5, 5.41) is 16.4. The number of rotatable bonds is 10. The van der Waals surface area contributed by atoms with Crippen molar-refractivity contribution in [1.29, 1.82) is 0 Å². The molecule has 0 radical (unpaired) electrons. The number of hydrogen-bond acceptors (Lipinski definition) is 9. The summed E-state index contributed by atoms with van der Waals surface area (Å²) in [7, 11) is 0. The van der Waals surface area contributed by atoms with Crippen molar-refractivity contribution in [2.24, 2.45) is 0 Å². The van der Waals surface area contributed by atoms with Crippen LogP contribution < -0.4 is 10.2 Å². The van der Waals surface area contributed by atoms with Gasteiger partial charge < -0.3 is 20.3 Å². The normalized spacial score (nSPS) is 15.1.